The van der Waals surface area contributed by atoms with Gasteiger partial charge in [-0.05, 0) is 36.9 Å². The smallest absolute Gasteiger partial charge is 0.227 e. The maximum atomic E-state index is 5.09. The summed E-state index contributed by atoms with van der Waals surface area (Å²) in [6, 6.07) is 4.49. The van der Waals surface area contributed by atoms with Crippen LogP contribution in [0.25, 0.3) is 10.2 Å². The summed E-state index contributed by atoms with van der Waals surface area (Å²) < 4.78 is 6.31. The van der Waals surface area contributed by atoms with Gasteiger partial charge in [0.1, 0.15) is 0 Å². The van der Waals surface area contributed by atoms with Crippen molar-refractivity contribution < 1.29 is 4.52 Å². The van der Waals surface area contributed by atoms with Crippen molar-refractivity contribution >= 4 is 21.6 Å². The van der Waals surface area contributed by atoms with Gasteiger partial charge in [0.15, 0.2) is 5.82 Å². The van der Waals surface area contributed by atoms with E-state index in [-0.39, 0.29) is 6.04 Å². The number of fused-ring (bicyclic) bond motifs is 1. The maximum Gasteiger partial charge on any atom is 0.227 e. The standard InChI is InChI=1S/C14H16N4OS/c1-9(15-5-3-14-17-10(2)18-19-14)11-7-13-12(16-8-11)4-6-20-13/h4,6-9,15H,3,5H2,1-2H3. The molecular weight excluding hydrogens is 272 g/mol. The average molecular weight is 288 g/mol. The molecule has 0 bridgehead atoms. The molecule has 0 aliphatic heterocycles. The number of aryl methyl sites for hydroxylation is 1. The Kier molecular flexibility index (Phi) is 3.75. The van der Waals surface area contributed by atoms with Crippen molar-refractivity contribution in [2.75, 3.05) is 6.54 Å². The first-order valence-electron chi connectivity index (χ1n) is 6.58. The van der Waals surface area contributed by atoms with E-state index in [0.717, 1.165) is 18.5 Å². The number of aromatic nitrogens is 3. The first kappa shape index (κ1) is 13.2. The lowest BCUT2D eigenvalue weighted by Crippen LogP contribution is -2.21. The Balaban J connectivity index is 1.59. The quantitative estimate of drug-likeness (QED) is 0.782. The minimum absolute atomic E-state index is 0.248. The largest absolute Gasteiger partial charge is 0.339 e. The second kappa shape index (κ2) is 5.68. The molecule has 0 aliphatic rings. The second-order valence-electron chi connectivity index (χ2n) is 4.73. The number of thiophene rings is 1. The minimum Gasteiger partial charge on any atom is -0.339 e. The molecule has 20 heavy (non-hydrogen) atoms. The predicted molar refractivity (Wildman–Crippen MR) is 78.8 cm³/mol. The molecule has 0 aromatic carbocycles. The summed E-state index contributed by atoms with van der Waals surface area (Å²) >= 11 is 1.72. The van der Waals surface area contributed by atoms with Gasteiger partial charge in [0.2, 0.25) is 5.89 Å². The van der Waals surface area contributed by atoms with Gasteiger partial charge in [0.25, 0.3) is 0 Å². The zero-order valence-corrected chi connectivity index (χ0v) is 12.3. The zero-order valence-electron chi connectivity index (χ0n) is 11.5. The minimum atomic E-state index is 0.248. The van der Waals surface area contributed by atoms with Crippen LogP contribution >= 0.6 is 11.3 Å². The van der Waals surface area contributed by atoms with Crippen LogP contribution in [0.2, 0.25) is 0 Å². The average Bonchev–Trinajstić information content (AvgIpc) is 3.06. The van der Waals surface area contributed by atoms with Gasteiger partial charge in [-0.15, -0.1) is 11.3 Å². The van der Waals surface area contributed by atoms with Gasteiger partial charge in [-0.1, -0.05) is 5.16 Å². The Morgan fingerprint density at radius 3 is 3.15 bits per heavy atom. The summed E-state index contributed by atoms with van der Waals surface area (Å²) in [5.41, 5.74) is 2.26. The van der Waals surface area contributed by atoms with E-state index in [9.17, 15) is 0 Å². The van der Waals surface area contributed by atoms with E-state index >= 15 is 0 Å². The molecule has 0 fully saturated rings. The lowest BCUT2D eigenvalue weighted by atomic mass is 10.1. The van der Waals surface area contributed by atoms with Crippen molar-refractivity contribution in [1.29, 1.82) is 0 Å². The van der Waals surface area contributed by atoms with Crippen molar-refractivity contribution in [3.63, 3.8) is 0 Å². The van der Waals surface area contributed by atoms with Crippen LogP contribution in [-0.2, 0) is 6.42 Å². The topological polar surface area (TPSA) is 63.8 Å². The molecule has 6 heteroatoms. The van der Waals surface area contributed by atoms with Crippen molar-refractivity contribution in [3.8, 4) is 0 Å². The molecule has 0 amide bonds. The molecule has 1 atom stereocenters. The molecule has 0 aliphatic carbocycles. The van der Waals surface area contributed by atoms with E-state index in [1.54, 1.807) is 11.3 Å². The van der Waals surface area contributed by atoms with Gasteiger partial charge in [-0.25, -0.2) is 0 Å². The lowest BCUT2D eigenvalue weighted by Gasteiger charge is -2.13. The van der Waals surface area contributed by atoms with E-state index in [1.165, 1.54) is 10.3 Å². The molecule has 3 rings (SSSR count). The zero-order chi connectivity index (χ0) is 13.9. The van der Waals surface area contributed by atoms with E-state index in [4.69, 9.17) is 4.52 Å². The van der Waals surface area contributed by atoms with Crippen LogP contribution in [0.15, 0.2) is 28.2 Å². The normalized spacial score (nSPS) is 12.9. The molecular formula is C14H16N4OS. The Hall–Kier alpha value is -1.79. The SMILES string of the molecule is Cc1noc(CCNC(C)c2cnc3ccsc3c2)n1. The number of hydrogen-bond acceptors (Lipinski definition) is 6. The van der Waals surface area contributed by atoms with Gasteiger partial charge < -0.3 is 9.84 Å². The highest BCUT2D eigenvalue weighted by Crippen LogP contribution is 2.22. The molecule has 1 unspecified atom stereocenters. The van der Waals surface area contributed by atoms with Gasteiger partial charge in [0.05, 0.1) is 10.2 Å². The molecule has 5 nitrogen and oxygen atoms in total. The fourth-order valence-electron chi connectivity index (χ4n) is 2.05. The van der Waals surface area contributed by atoms with Gasteiger partial charge >= 0.3 is 0 Å². The number of rotatable bonds is 5. The van der Waals surface area contributed by atoms with Crippen LogP contribution in [0.5, 0.6) is 0 Å². The summed E-state index contributed by atoms with van der Waals surface area (Å²) in [6.45, 7) is 4.76. The van der Waals surface area contributed by atoms with Crippen molar-refractivity contribution in [3.05, 3.63) is 41.0 Å². The lowest BCUT2D eigenvalue weighted by molar-refractivity contribution is 0.370. The Bertz CT molecular complexity index is 706. The summed E-state index contributed by atoms with van der Waals surface area (Å²) in [5.74, 6) is 1.36. The summed E-state index contributed by atoms with van der Waals surface area (Å²) in [5, 5.41) is 9.30. The van der Waals surface area contributed by atoms with Crippen LogP contribution in [-0.4, -0.2) is 21.7 Å². The highest BCUT2D eigenvalue weighted by molar-refractivity contribution is 7.17. The fourth-order valence-corrected chi connectivity index (χ4v) is 2.84. The van der Waals surface area contributed by atoms with Crippen molar-refractivity contribution in [2.24, 2.45) is 0 Å². The third kappa shape index (κ3) is 2.86. The fraction of sp³-hybridized carbons (Fsp3) is 0.357. The summed E-state index contributed by atoms with van der Waals surface area (Å²) in [4.78, 5) is 8.65. The number of hydrogen-bond donors (Lipinski definition) is 1. The van der Waals surface area contributed by atoms with E-state index < -0.39 is 0 Å². The molecule has 3 heterocycles. The monoisotopic (exact) mass is 288 g/mol. The highest BCUT2D eigenvalue weighted by atomic mass is 32.1. The molecule has 0 radical (unpaired) electrons. The number of nitrogens with one attached hydrogen (secondary N) is 1. The predicted octanol–water partition coefficient (Wildman–Crippen LogP) is 2.88. The van der Waals surface area contributed by atoms with Crippen LogP contribution < -0.4 is 5.32 Å². The Labute approximate surface area is 121 Å². The van der Waals surface area contributed by atoms with Gasteiger partial charge in [-0.3, -0.25) is 4.98 Å². The van der Waals surface area contributed by atoms with Gasteiger partial charge in [0, 0.05) is 25.2 Å². The molecule has 0 spiro atoms. The molecule has 3 aromatic rings. The van der Waals surface area contributed by atoms with E-state index in [0.29, 0.717) is 11.7 Å². The van der Waals surface area contributed by atoms with Crippen LogP contribution in [0.1, 0.15) is 30.2 Å². The Morgan fingerprint density at radius 1 is 1.45 bits per heavy atom. The second-order valence-corrected chi connectivity index (χ2v) is 5.68. The van der Waals surface area contributed by atoms with Crippen molar-refractivity contribution in [1.82, 2.24) is 20.4 Å². The summed E-state index contributed by atoms with van der Waals surface area (Å²) in [6.07, 6.45) is 2.67. The Morgan fingerprint density at radius 2 is 2.35 bits per heavy atom. The molecule has 0 saturated carbocycles. The molecule has 1 N–H and O–H groups in total. The first-order valence-corrected chi connectivity index (χ1v) is 7.46. The number of pyridine rings is 1. The van der Waals surface area contributed by atoms with Crippen LogP contribution in [0.3, 0.4) is 0 Å². The van der Waals surface area contributed by atoms with Gasteiger partial charge in [-0.2, -0.15) is 4.98 Å². The maximum absolute atomic E-state index is 5.09. The van der Waals surface area contributed by atoms with Crippen LogP contribution in [0.4, 0.5) is 0 Å². The first-order chi connectivity index (χ1) is 9.72. The molecule has 3 aromatic heterocycles. The van der Waals surface area contributed by atoms with Crippen molar-refractivity contribution in [2.45, 2.75) is 26.3 Å². The molecule has 104 valence electrons. The third-order valence-corrected chi connectivity index (χ3v) is 4.04. The molecule has 0 saturated heterocycles. The van der Waals surface area contributed by atoms with E-state index in [1.807, 2.05) is 19.2 Å². The van der Waals surface area contributed by atoms with E-state index in [2.05, 4.69) is 38.8 Å². The number of nitrogens with zero attached hydrogens (tertiary/aromatic N) is 3. The third-order valence-electron chi connectivity index (χ3n) is 3.18. The van der Waals surface area contributed by atoms with Crippen LogP contribution in [0, 0.1) is 6.92 Å². The summed E-state index contributed by atoms with van der Waals surface area (Å²) in [7, 11) is 0. The highest BCUT2D eigenvalue weighted by Gasteiger charge is 2.08.